The first-order chi connectivity index (χ1) is 12.5. The minimum atomic E-state index is -1.38. The van der Waals surface area contributed by atoms with Crippen LogP contribution < -0.4 is 0 Å². The van der Waals surface area contributed by atoms with Gasteiger partial charge in [-0.05, 0) is 62.0 Å². The third-order valence-electron chi connectivity index (χ3n) is 5.09. The molecule has 2 aliphatic rings. The molecule has 2 aromatic rings. The van der Waals surface area contributed by atoms with Gasteiger partial charge in [-0.1, -0.05) is 24.3 Å². The monoisotopic (exact) mass is 375 g/mol. The van der Waals surface area contributed by atoms with E-state index in [1.54, 1.807) is 11.1 Å². The zero-order valence-corrected chi connectivity index (χ0v) is 15.7. The maximum atomic E-state index is 10.9. The lowest BCUT2D eigenvalue weighted by Crippen LogP contribution is -2.33. The fourth-order valence-electron chi connectivity index (χ4n) is 3.68. The van der Waals surface area contributed by atoms with Gasteiger partial charge in [0.1, 0.15) is 0 Å². The standard InChI is InChI=1S/C13H17N.C7H8O4S/c1-2-6-12-10-13(9-11(12)5-1)14-7-3-4-8-14;1-12(11)5-3-2-4(8)6(9)7(5)10/h1-2,5-6,13H,3-4,7-10H2;2-3,8-10H,1H3. The number of hydrogen-bond donors (Lipinski definition) is 3. The summed E-state index contributed by atoms with van der Waals surface area (Å²) in [5.74, 6) is -1.60. The molecule has 6 heteroatoms. The van der Waals surface area contributed by atoms with Gasteiger partial charge in [-0.3, -0.25) is 9.11 Å². The number of aromatic hydroxyl groups is 3. The Hall–Kier alpha value is -2.05. The van der Waals surface area contributed by atoms with Gasteiger partial charge in [0.05, 0.1) is 15.7 Å². The molecule has 1 saturated heterocycles. The number of nitrogens with zero attached hydrogens (tertiary/aromatic N) is 1. The van der Waals surface area contributed by atoms with E-state index >= 15 is 0 Å². The highest BCUT2D eigenvalue weighted by Crippen LogP contribution is 2.38. The van der Waals surface area contributed by atoms with Gasteiger partial charge in [-0.15, -0.1) is 0 Å². The second kappa shape index (κ2) is 8.10. The van der Waals surface area contributed by atoms with E-state index in [1.807, 2.05) is 0 Å². The summed E-state index contributed by atoms with van der Waals surface area (Å²) in [5.41, 5.74) is 3.17. The molecule has 1 aliphatic heterocycles. The molecule has 0 radical (unpaired) electrons. The summed E-state index contributed by atoms with van der Waals surface area (Å²) < 4.78 is 10.9. The molecule has 2 aromatic carbocycles. The van der Waals surface area contributed by atoms with Crippen molar-refractivity contribution in [2.24, 2.45) is 0 Å². The number of fused-ring (bicyclic) bond motifs is 1. The number of likely N-dealkylation sites (tertiary alicyclic amines) is 1. The molecule has 5 nitrogen and oxygen atoms in total. The molecule has 1 atom stereocenters. The summed E-state index contributed by atoms with van der Waals surface area (Å²) in [4.78, 5) is 2.78. The van der Waals surface area contributed by atoms with E-state index in [0.717, 1.165) is 6.04 Å². The lowest BCUT2D eigenvalue weighted by molar-refractivity contribution is 0.250. The molecule has 1 heterocycles. The van der Waals surface area contributed by atoms with E-state index in [2.05, 4.69) is 29.2 Å². The van der Waals surface area contributed by atoms with Gasteiger partial charge in [0.15, 0.2) is 11.5 Å². The summed E-state index contributed by atoms with van der Waals surface area (Å²) in [6.45, 7) is 2.66. The Bertz CT molecular complexity index is 777. The predicted octanol–water partition coefficient (Wildman–Crippen LogP) is 2.79. The average molecular weight is 375 g/mol. The molecule has 1 fully saturated rings. The highest BCUT2D eigenvalue weighted by atomic mass is 32.2. The Morgan fingerprint density at radius 3 is 2.04 bits per heavy atom. The van der Waals surface area contributed by atoms with E-state index in [-0.39, 0.29) is 4.90 Å². The summed E-state index contributed by atoms with van der Waals surface area (Å²) in [6, 6.07) is 12.2. The van der Waals surface area contributed by atoms with Crippen LogP contribution in [0.2, 0.25) is 0 Å². The Balaban J connectivity index is 0.000000153. The molecular formula is C20H25NO4S. The van der Waals surface area contributed by atoms with Crippen LogP contribution in [-0.4, -0.2) is 49.8 Å². The summed E-state index contributed by atoms with van der Waals surface area (Å²) in [7, 11) is -1.38. The minimum absolute atomic E-state index is 0.102. The normalized spacial score (nSPS) is 18.2. The van der Waals surface area contributed by atoms with Crippen molar-refractivity contribution < 1.29 is 19.5 Å². The SMILES string of the molecule is CS(=O)c1ccc(O)c(O)c1O.c1ccc2c(c1)CC(N1CCCC1)C2. The molecule has 0 amide bonds. The maximum absolute atomic E-state index is 10.9. The summed E-state index contributed by atoms with van der Waals surface area (Å²) >= 11 is 0. The van der Waals surface area contributed by atoms with E-state index in [0.29, 0.717) is 0 Å². The van der Waals surface area contributed by atoms with Crippen molar-refractivity contribution in [3.8, 4) is 17.2 Å². The second-order valence-corrected chi connectivity index (χ2v) is 8.16. The third kappa shape index (κ3) is 4.02. The van der Waals surface area contributed by atoms with Crippen molar-refractivity contribution in [1.29, 1.82) is 0 Å². The number of rotatable bonds is 2. The Labute approximate surface area is 156 Å². The lowest BCUT2D eigenvalue weighted by Gasteiger charge is -2.22. The van der Waals surface area contributed by atoms with E-state index in [9.17, 15) is 4.21 Å². The molecule has 0 spiro atoms. The third-order valence-corrected chi connectivity index (χ3v) is 6.04. The van der Waals surface area contributed by atoms with Crippen molar-refractivity contribution in [3.63, 3.8) is 0 Å². The molecule has 26 heavy (non-hydrogen) atoms. The smallest absolute Gasteiger partial charge is 0.201 e. The highest BCUT2D eigenvalue weighted by Gasteiger charge is 2.27. The Kier molecular flexibility index (Phi) is 5.84. The summed E-state index contributed by atoms with van der Waals surface area (Å²) in [6.07, 6.45) is 6.76. The van der Waals surface area contributed by atoms with Crippen LogP contribution in [0.1, 0.15) is 24.0 Å². The highest BCUT2D eigenvalue weighted by molar-refractivity contribution is 7.84. The topological polar surface area (TPSA) is 81.0 Å². The number of benzene rings is 2. The molecule has 0 saturated carbocycles. The zero-order chi connectivity index (χ0) is 18.7. The zero-order valence-electron chi connectivity index (χ0n) is 14.9. The van der Waals surface area contributed by atoms with Crippen molar-refractivity contribution >= 4 is 10.8 Å². The van der Waals surface area contributed by atoms with Crippen LogP contribution in [0.3, 0.4) is 0 Å². The van der Waals surface area contributed by atoms with Crippen LogP contribution >= 0.6 is 0 Å². The quantitative estimate of drug-likeness (QED) is 0.703. The van der Waals surface area contributed by atoms with E-state index in [4.69, 9.17) is 15.3 Å². The molecule has 1 aliphatic carbocycles. The van der Waals surface area contributed by atoms with Crippen molar-refractivity contribution in [1.82, 2.24) is 4.90 Å². The molecule has 4 rings (SSSR count). The molecule has 0 bridgehead atoms. The molecular weight excluding hydrogens is 350 g/mol. The van der Waals surface area contributed by atoms with Crippen molar-refractivity contribution in [3.05, 3.63) is 47.5 Å². The molecule has 3 N–H and O–H groups in total. The predicted molar refractivity (Wildman–Crippen MR) is 102 cm³/mol. The number of phenolic OH excluding ortho intramolecular Hbond substituents is 3. The first-order valence-electron chi connectivity index (χ1n) is 8.85. The number of phenols is 3. The van der Waals surface area contributed by atoms with Crippen LogP contribution in [0, 0.1) is 0 Å². The van der Waals surface area contributed by atoms with Gasteiger partial charge >= 0.3 is 0 Å². The summed E-state index contributed by atoms with van der Waals surface area (Å²) in [5, 5.41) is 27.0. The average Bonchev–Trinajstić information content (AvgIpc) is 3.29. The van der Waals surface area contributed by atoms with Gasteiger partial charge in [0.25, 0.3) is 0 Å². The van der Waals surface area contributed by atoms with Crippen LogP contribution in [-0.2, 0) is 23.6 Å². The largest absolute Gasteiger partial charge is 0.504 e. The Morgan fingerprint density at radius 2 is 1.50 bits per heavy atom. The van der Waals surface area contributed by atoms with Crippen LogP contribution in [0.15, 0.2) is 41.3 Å². The van der Waals surface area contributed by atoms with Crippen molar-refractivity contribution in [2.45, 2.75) is 36.6 Å². The van der Waals surface area contributed by atoms with Gasteiger partial charge in [-0.25, -0.2) is 0 Å². The second-order valence-electron chi connectivity index (χ2n) is 6.81. The van der Waals surface area contributed by atoms with Crippen molar-refractivity contribution in [2.75, 3.05) is 19.3 Å². The van der Waals surface area contributed by atoms with E-state index in [1.165, 1.54) is 57.2 Å². The Morgan fingerprint density at radius 1 is 0.923 bits per heavy atom. The fraction of sp³-hybridized carbons (Fsp3) is 0.400. The fourth-order valence-corrected chi connectivity index (χ4v) is 4.31. The van der Waals surface area contributed by atoms with Gasteiger partial charge in [-0.2, -0.15) is 0 Å². The molecule has 1 unspecified atom stereocenters. The van der Waals surface area contributed by atoms with Gasteiger partial charge < -0.3 is 15.3 Å². The molecule has 140 valence electrons. The van der Waals surface area contributed by atoms with Crippen LogP contribution in [0.5, 0.6) is 17.2 Å². The van der Waals surface area contributed by atoms with Gasteiger partial charge in [0, 0.05) is 12.3 Å². The first kappa shape index (κ1) is 18.7. The van der Waals surface area contributed by atoms with Crippen LogP contribution in [0.25, 0.3) is 0 Å². The lowest BCUT2D eigenvalue weighted by atomic mass is 10.1. The van der Waals surface area contributed by atoms with Crippen LogP contribution in [0.4, 0.5) is 0 Å². The molecule has 0 aromatic heterocycles. The minimum Gasteiger partial charge on any atom is -0.504 e. The van der Waals surface area contributed by atoms with Gasteiger partial charge in [0.2, 0.25) is 5.75 Å². The first-order valence-corrected chi connectivity index (χ1v) is 10.4. The van der Waals surface area contributed by atoms with E-state index < -0.39 is 28.0 Å². The maximum Gasteiger partial charge on any atom is 0.201 e. The number of hydrogen-bond acceptors (Lipinski definition) is 5.